The number of hydrogen-bond donors (Lipinski definition) is 1. The van der Waals surface area contributed by atoms with E-state index >= 15 is 0 Å². The largest absolute Gasteiger partial charge is 0.385 e. The Labute approximate surface area is 137 Å². The smallest absolute Gasteiger partial charge is 0.241 e. The molecule has 1 fully saturated rings. The Morgan fingerprint density at radius 2 is 2.04 bits per heavy atom. The van der Waals surface area contributed by atoms with E-state index in [2.05, 4.69) is 4.72 Å². The molecule has 0 spiro atoms. The number of ether oxygens (including phenoxy) is 1. The van der Waals surface area contributed by atoms with Gasteiger partial charge in [0.1, 0.15) is 0 Å². The van der Waals surface area contributed by atoms with Gasteiger partial charge in [0.15, 0.2) is 0 Å². The molecule has 1 amide bonds. The first kappa shape index (κ1) is 17.9. The summed E-state index contributed by atoms with van der Waals surface area (Å²) in [6.07, 6.45) is 1.54. The minimum atomic E-state index is -3.63. The summed E-state index contributed by atoms with van der Waals surface area (Å²) in [5.41, 5.74) is -0.671. The van der Waals surface area contributed by atoms with Crippen molar-refractivity contribution >= 4 is 15.9 Å². The molecule has 23 heavy (non-hydrogen) atoms. The summed E-state index contributed by atoms with van der Waals surface area (Å²) in [6.45, 7) is 3.19. The van der Waals surface area contributed by atoms with Crippen LogP contribution < -0.4 is 4.72 Å². The van der Waals surface area contributed by atoms with Gasteiger partial charge >= 0.3 is 0 Å². The van der Waals surface area contributed by atoms with Crippen molar-refractivity contribution in [3.63, 3.8) is 0 Å². The summed E-state index contributed by atoms with van der Waals surface area (Å²) < 4.78 is 33.3. The first-order valence-electron chi connectivity index (χ1n) is 7.78. The van der Waals surface area contributed by atoms with Crippen LogP contribution in [0.4, 0.5) is 0 Å². The van der Waals surface area contributed by atoms with Crippen LogP contribution in [0.1, 0.15) is 26.2 Å². The molecule has 1 aliphatic heterocycles. The van der Waals surface area contributed by atoms with Gasteiger partial charge in [-0.25, -0.2) is 13.1 Å². The second-order valence-electron chi connectivity index (χ2n) is 5.86. The Kier molecular flexibility index (Phi) is 5.78. The number of rotatable bonds is 7. The zero-order chi connectivity index (χ0) is 16.9. The predicted molar refractivity (Wildman–Crippen MR) is 87.5 cm³/mol. The van der Waals surface area contributed by atoms with Gasteiger partial charge in [-0.05, 0) is 25.0 Å². The highest BCUT2D eigenvalue weighted by molar-refractivity contribution is 7.89. The number of sulfonamides is 1. The molecule has 1 saturated heterocycles. The topological polar surface area (TPSA) is 75.7 Å². The van der Waals surface area contributed by atoms with Crippen LogP contribution in [0.3, 0.4) is 0 Å². The van der Waals surface area contributed by atoms with E-state index in [1.165, 1.54) is 0 Å². The number of benzene rings is 1. The van der Waals surface area contributed by atoms with Gasteiger partial charge in [-0.3, -0.25) is 4.79 Å². The van der Waals surface area contributed by atoms with E-state index in [0.717, 1.165) is 0 Å². The van der Waals surface area contributed by atoms with Crippen LogP contribution in [-0.2, 0) is 19.6 Å². The summed E-state index contributed by atoms with van der Waals surface area (Å²) in [6, 6.07) is 8.29. The van der Waals surface area contributed by atoms with Gasteiger partial charge in [-0.1, -0.05) is 25.1 Å². The van der Waals surface area contributed by atoms with Crippen molar-refractivity contribution in [2.75, 3.05) is 26.8 Å². The average Bonchev–Trinajstić information content (AvgIpc) is 2.97. The number of nitrogens with zero attached hydrogens (tertiary/aromatic N) is 1. The lowest BCUT2D eigenvalue weighted by molar-refractivity contribution is -0.130. The SMILES string of the molecule is CCC(=O)N1CCC(CCOC)(NS(=O)(=O)c2ccccc2)C1. The minimum Gasteiger partial charge on any atom is -0.385 e. The van der Waals surface area contributed by atoms with Crippen LogP contribution in [0.25, 0.3) is 0 Å². The van der Waals surface area contributed by atoms with E-state index in [-0.39, 0.29) is 10.8 Å². The van der Waals surface area contributed by atoms with Crippen LogP contribution in [0.5, 0.6) is 0 Å². The number of amides is 1. The Bertz CT molecular complexity index is 633. The van der Waals surface area contributed by atoms with Crippen molar-refractivity contribution in [1.29, 1.82) is 0 Å². The second kappa shape index (κ2) is 7.42. The summed E-state index contributed by atoms with van der Waals surface area (Å²) in [4.78, 5) is 13.9. The third-order valence-corrected chi connectivity index (χ3v) is 5.79. The molecule has 1 aromatic rings. The third kappa shape index (κ3) is 4.31. The fourth-order valence-electron chi connectivity index (χ4n) is 2.89. The lowest BCUT2D eigenvalue weighted by atomic mass is 9.96. The molecule has 1 aromatic carbocycles. The monoisotopic (exact) mass is 340 g/mol. The fraction of sp³-hybridized carbons (Fsp3) is 0.562. The molecule has 7 heteroatoms. The van der Waals surface area contributed by atoms with Crippen LogP contribution in [0.2, 0.25) is 0 Å². The van der Waals surface area contributed by atoms with Crippen molar-refractivity contribution in [2.24, 2.45) is 0 Å². The highest BCUT2D eigenvalue weighted by Gasteiger charge is 2.42. The normalized spacial score (nSPS) is 21.6. The van der Waals surface area contributed by atoms with Crippen LogP contribution >= 0.6 is 0 Å². The molecular formula is C16H24N2O4S. The maximum Gasteiger partial charge on any atom is 0.241 e. The molecule has 1 unspecified atom stereocenters. The Hall–Kier alpha value is -1.44. The first-order chi connectivity index (χ1) is 10.9. The molecule has 0 aromatic heterocycles. The predicted octanol–water partition coefficient (Wildman–Crippen LogP) is 1.38. The van der Waals surface area contributed by atoms with Crippen molar-refractivity contribution in [3.05, 3.63) is 30.3 Å². The highest BCUT2D eigenvalue weighted by atomic mass is 32.2. The van der Waals surface area contributed by atoms with Gasteiger partial charge in [0.05, 0.1) is 10.4 Å². The van der Waals surface area contributed by atoms with E-state index in [9.17, 15) is 13.2 Å². The molecule has 1 atom stereocenters. The van der Waals surface area contributed by atoms with Gasteiger partial charge < -0.3 is 9.64 Å². The summed E-state index contributed by atoms with van der Waals surface area (Å²) >= 11 is 0. The number of hydrogen-bond acceptors (Lipinski definition) is 4. The number of carbonyl (C=O) groups is 1. The molecule has 128 valence electrons. The zero-order valence-corrected chi connectivity index (χ0v) is 14.4. The van der Waals surface area contributed by atoms with E-state index in [4.69, 9.17) is 4.74 Å². The molecule has 0 radical (unpaired) electrons. The summed E-state index contributed by atoms with van der Waals surface area (Å²) in [5, 5.41) is 0. The van der Waals surface area contributed by atoms with Crippen molar-refractivity contribution in [2.45, 2.75) is 36.6 Å². The van der Waals surface area contributed by atoms with E-state index < -0.39 is 15.6 Å². The zero-order valence-electron chi connectivity index (χ0n) is 13.6. The Balaban J connectivity index is 2.21. The molecular weight excluding hydrogens is 316 g/mol. The minimum absolute atomic E-state index is 0.0446. The molecule has 2 rings (SSSR count). The quantitative estimate of drug-likeness (QED) is 0.814. The molecule has 0 saturated carbocycles. The second-order valence-corrected chi connectivity index (χ2v) is 7.54. The number of carbonyl (C=O) groups excluding carboxylic acids is 1. The van der Waals surface area contributed by atoms with Crippen molar-refractivity contribution in [3.8, 4) is 0 Å². The van der Waals surface area contributed by atoms with Crippen LogP contribution in [-0.4, -0.2) is 51.6 Å². The van der Waals surface area contributed by atoms with Gasteiger partial charge in [-0.2, -0.15) is 0 Å². The lowest BCUT2D eigenvalue weighted by Crippen LogP contribution is -2.51. The van der Waals surface area contributed by atoms with Crippen LogP contribution in [0, 0.1) is 0 Å². The van der Waals surface area contributed by atoms with E-state index in [0.29, 0.717) is 39.0 Å². The van der Waals surface area contributed by atoms with Crippen molar-refractivity contribution < 1.29 is 17.9 Å². The van der Waals surface area contributed by atoms with Gasteiger partial charge in [0, 0.05) is 33.2 Å². The van der Waals surface area contributed by atoms with E-state index in [1.54, 1.807) is 42.3 Å². The molecule has 1 N–H and O–H groups in total. The summed E-state index contributed by atoms with van der Waals surface area (Å²) in [7, 11) is -2.05. The van der Waals surface area contributed by atoms with Gasteiger partial charge in [-0.15, -0.1) is 0 Å². The number of nitrogens with one attached hydrogen (secondary N) is 1. The number of likely N-dealkylation sites (tertiary alicyclic amines) is 1. The first-order valence-corrected chi connectivity index (χ1v) is 9.26. The Morgan fingerprint density at radius 1 is 1.35 bits per heavy atom. The molecule has 0 bridgehead atoms. The van der Waals surface area contributed by atoms with E-state index in [1.807, 2.05) is 6.92 Å². The van der Waals surface area contributed by atoms with Crippen LogP contribution in [0.15, 0.2) is 35.2 Å². The van der Waals surface area contributed by atoms with Gasteiger partial charge in [0.2, 0.25) is 15.9 Å². The average molecular weight is 340 g/mol. The number of methoxy groups -OCH3 is 1. The third-order valence-electron chi connectivity index (χ3n) is 4.20. The lowest BCUT2D eigenvalue weighted by Gasteiger charge is -2.30. The standard InChI is InChI=1S/C16H24N2O4S/c1-3-15(19)18-11-9-16(13-18,10-12-22-2)17-23(20,21)14-7-5-4-6-8-14/h4-8,17H,3,9-13H2,1-2H3. The fourth-order valence-corrected chi connectivity index (χ4v) is 4.36. The molecule has 0 aliphatic carbocycles. The molecule has 6 nitrogen and oxygen atoms in total. The Morgan fingerprint density at radius 3 is 2.65 bits per heavy atom. The highest BCUT2D eigenvalue weighted by Crippen LogP contribution is 2.28. The van der Waals surface area contributed by atoms with Crippen molar-refractivity contribution in [1.82, 2.24) is 9.62 Å². The maximum atomic E-state index is 12.6. The van der Waals surface area contributed by atoms with Gasteiger partial charge in [0.25, 0.3) is 0 Å². The molecule has 1 aliphatic rings. The maximum absolute atomic E-state index is 12.6. The molecule has 1 heterocycles. The summed E-state index contributed by atoms with van der Waals surface area (Å²) in [5.74, 6) is 0.0446.